The Hall–Kier alpha value is -2.05. The van der Waals surface area contributed by atoms with Gasteiger partial charge in [-0.3, -0.25) is 4.90 Å². The number of halogens is 1. The third kappa shape index (κ3) is 3.69. The van der Waals surface area contributed by atoms with Gasteiger partial charge in [0.15, 0.2) is 11.5 Å². The molecular weight excluding hydrogens is 406 g/mol. The van der Waals surface area contributed by atoms with Crippen LogP contribution in [0.15, 0.2) is 52.0 Å². The number of ether oxygens (including phenoxy) is 2. The molecule has 2 aromatic rings. The number of fused-ring (bicyclic) bond motifs is 1. The Bertz CT molecular complexity index is 841. The van der Waals surface area contributed by atoms with E-state index in [0.717, 1.165) is 47.6 Å². The van der Waals surface area contributed by atoms with Crippen molar-refractivity contribution in [1.29, 1.82) is 0 Å². The molecule has 2 aliphatic rings. The predicted octanol–water partition coefficient (Wildman–Crippen LogP) is 3.99. The van der Waals surface area contributed by atoms with E-state index >= 15 is 0 Å². The molecule has 2 aromatic carbocycles. The molecular formula is C21H24BrN3O2. The van der Waals surface area contributed by atoms with Crippen LogP contribution in [0.3, 0.4) is 0 Å². The van der Waals surface area contributed by atoms with E-state index in [1.807, 2.05) is 6.07 Å². The molecule has 0 spiro atoms. The van der Waals surface area contributed by atoms with Crippen molar-refractivity contribution in [3.8, 4) is 11.5 Å². The summed E-state index contributed by atoms with van der Waals surface area (Å²) in [6.07, 6.45) is 0.994. The molecule has 2 heterocycles. The van der Waals surface area contributed by atoms with E-state index in [1.54, 1.807) is 14.2 Å². The molecule has 1 saturated heterocycles. The van der Waals surface area contributed by atoms with E-state index in [-0.39, 0.29) is 6.04 Å². The lowest BCUT2D eigenvalue weighted by molar-refractivity contribution is 0.218. The second-order valence-corrected chi connectivity index (χ2v) is 7.93. The fourth-order valence-corrected chi connectivity index (χ4v) is 4.53. The van der Waals surface area contributed by atoms with Crippen molar-refractivity contribution in [2.75, 3.05) is 27.3 Å². The number of likely N-dealkylation sites (tertiary alicyclic amines) is 1. The van der Waals surface area contributed by atoms with Crippen molar-refractivity contribution in [2.24, 2.45) is 11.0 Å². The third-order valence-electron chi connectivity index (χ3n) is 5.37. The predicted molar refractivity (Wildman–Crippen MR) is 110 cm³/mol. The lowest BCUT2D eigenvalue weighted by Crippen LogP contribution is -2.41. The lowest BCUT2D eigenvalue weighted by atomic mass is 9.85. The van der Waals surface area contributed by atoms with Gasteiger partial charge in [-0.05, 0) is 17.7 Å². The molecule has 0 aromatic heterocycles. The van der Waals surface area contributed by atoms with Crippen molar-refractivity contribution in [2.45, 2.75) is 19.0 Å². The van der Waals surface area contributed by atoms with E-state index in [0.29, 0.717) is 5.92 Å². The Balaban J connectivity index is 1.58. The zero-order valence-electron chi connectivity index (χ0n) is 15.6. The molecule has 0 saturated carbocycles. The molecule has 6 heteroatoms. The minimum Gasteiger partial charge on any atom is -0.493 e. The van der Waals surface area contributed by atoms with Crippen LogP contribution in [0.5, 0.6) is 11.5 Å². The topological polar surface area (TPSA) is 46.1 Å². The SMILES string of the molecule is COc1cc(Br)cc(C2NN=C3CCN(Cc4ccccc4)CC32)c1OC. The van der Waals surface area contributed by atoms with Crippen molar-refractivity contribution < 1.29 is 9.47 Å². The first-order chi connectivity index (χ1) is 13.2. The van der Waals surface area contributed by atoms with E-state index in [2.05, 4.69) is 67.8 Å². The number of piperidine rings is 1. The lowest BCUT2D eigenvalue weighted by Gasteiger charge is -2.34. The number of nitrogens with one attached hydrogen (secondary N) is 1. The fourth-order valence-electron chi connectivity index (χ4n) is 4.07. The van der Waals surface area contributed by atoms with Gasteiger partial charge < -0.3 is 14.9 Å². The van der Waals surface area contributed by atoms with Crippen LogP contribution in [-0.4, -0.2) is 37.9 Å². The summed E-state index contributed by atoms with van der Waals surface area (Å²) in [6.45, 7) is 2.98. The van der Waals surface area contributed by atoms with Crippen molar-refractivity contribution in [1.82, 2.24) is 10.3 Å². The highest BCUT2D eigenvalue weighted by atomic mass is 79.9. The molecule has 2 unspecified atom stereocenters. The van der Waals surface area contributed by atoms with Gasteiger partial charge in [0.2, 0.25) is 0 Å². The van der Waals surface area contributed by atoms with E-state index in [9.17, 15) is 0 Å². The number of hydrazone groups is 1. The summed E-state index contributed by atoms with van der Waals surface area (Å²) in [6, 6.07) is 14.8. The van der Waals surface area contributed by atoms with Crippen LogP contribution in [-0.2, 0) is 6.54 Å². The largest absolute Gasteiger partial charge is 0.493 e. The summed E-state index contributed by atoms with van der Waals surface area (Å²) in [5.74, 6) is 1.83. The molecule has 2 aliphatic heterocycles. The highest BCUT2D eigenvalue weighted by Gasteiger charge is 2.38. The zero-order chi connectivity index (χ0) is 18.8. The molecule has 0 aliphatic carbocycles. The van der Waals surface area contributed by atoms with Gasteiger partial charge in [-0.15, -0.1) is 0 Å². The van der Waals surface area contributed by atoms with Crippen molar-refractivity contribution in [3.63, 3.8) is 0 Å². The number of benzene rings is 2. The quantitative estimate of drug-likeness (QED) is 0.780. The summed E-state index contributed by atoms with van der Waals surface area (Å²) in [7, 11) is 3.36. The Labute approximate surface area is 168 Å². The molecule has 0 amide bonds. The molecule has 1 N–H and O–H groups in total. The summed E-state index contributed by atoms with van der Waals surface area (Å²) in [5, 5.41) is 4.65. The summed E-state index contributed by atoms with van der Waals surface area (Å²) >= 11 is 3.60. The van der Waals surface area contributed by atoms with Crippen LogP contribution >= 0.6 is 15.9 Å². The van der Waals surface area contributed by atoms with Gasteiger partial charge in [0.1, 0.15) is 0 Å². The highest BCUT2D eigenvalue weighted by molar-refractivity contribution is 9.10. The minimum atomic E-state index is 0.0833. The molecule has 27 heavy (non-hydrogen) atoms. The molecule has 0 bridgehead atoms. The number of nitrogens with zero attached hydrogens (tertiary/aromatic N) is 2. The van der Waals surface area contributed by atoms with Gasteiger partial charge >= 0.3 is 0 Å². The van der Waals surface area contributed by atoms with E-state index in [4.69, 9.17) is 9.47 Å². The molecule has 142 valence electrons. The van der Waals surface area contributed by atoms with Crippen LogP contribution in [0, 0.1) is 5.92 Å². The zero-order valence-corrected chi connectivity index (χ0v) is 17.2. The van der Waals surface area contributed by atoms with Crippen molar-refractivity contribution in [3.05, 3.63) is 58.1 Å². The van der Waals surface area contributed by atoms with Crippen LogP contribution in [0.2, 0.25) is 0 Å². The molecule has 5 nitrogen and oxygen atoms in total. The van der Waals surface area contributed by atoms with E-state index < -0.39 is 0 Å². The normalized spacial score (nSPS) is 22.0. The maximum Gasteiger partial charge on any atom is 0.166 e. The van der Waals surface area contributed by atoms with Crippen LogP contribution in [0.1, 0.15) is 23.6 Å². The van der Waals surface area contributed by atoms with Crippen LogP contribution < -0.4 is 14.9 Å². The Morgan fingerprint density at radius 2 is 2.00 bits per heavy atom. The average molecular weight is 430 g/mol. The highest BCUT2D eigenvalue weighted by Crippen LogP contribution is 2.43. The average Bonchev–Trinajstić information content (AvgIpc) is 3.11. The number of rotatable bonds is 5. The first-order valence-electron chi connectivity index (χ1n) is 9.19. The van der Waals surface area contributed by atoms with Crippen LogP contribution in [0.4, 0.5) is 0 Å². The Kier molecular flexibility index (Phi) is 5.36. The monoisotopic (exact) mass is 429 g/mol. The van der Waals surface area contributed by atoms with Gasteiger partial charge in [0, 0.05) is 47.7 Å². The molecule has 4 rings (SSSR count). The number of methoxy groups -OCH3 is 2. The fraction of sp³-hybridized carbons (Fsp3) is 0.381. The molecule has 1 fully saturated rings. The molecule has 2 atom stereocenters. The summed E-state index contributed by atoms with van der Waals surface area (Å²) in [5.41, 5.74) is 7.04. The second kappa shape index (κ2) is 7.90. The standard InChI is InChI=1S/C21H24BrN3O2/c1-26-19-11-15(22)10-16(21(19)27-2)20-17-13-25(9-8-18(17)23-24-20)12-14-6-4-3-5-7-14/h3-7,10-11,17,20,24H,8-9,12-13H2,1-2H3. The van der Waals surface area contributed by atoms with Gasteiger partial charge in [-0.25, -0.2) is 0 Å². The maximum atomic E-state index is 5.69. The maximum absolute atomic E-state index is 5.69. The minimum absolute atomic E-state index is 0.0833. The van der Waals surface area contributed by atoms with Crippen molar-refractivity contribution >= 4 is 21.6 Å². The first-order valence-corrected chi connectivity index (χ1v) is 9.98. The Morgan fingerprint density at radius 3 is 2.74 bits per heavy atom. The number of hydrogen-bond acceptors (Lipinski definition) is 5. The Morgan fingerprint density at radius 1 is 1.19 bits per heavy atom. The third-order valence-corrected chi connectivity index (χ3v) is 5.83. The first kappa shape index (κ1) is 18.3. The van der Waals surface area contributed by atoms with Crippen LogP contribution in [0.25, 0.3) is 0 Å². The number of hydrogen-bond donors (Lipinski definition) is 1. The summed E-state index contributed by atoms with van der Waals surface area (Å²) < 4.78 is 12.2. The summed E-state index contributed by atoms with van der Waals surface area (Å²) in [4.78, 5) is 2.51. The second-order valence-electron chi connectivity index (χ2n) is 7.02. The van der Waals surface area contributed by atoms with Gasteiger partial charge in [-0.1, -0.05) is 46.3 Å². The molecule has 0 radical (unpaired) electrons. The van der Waals surface area contributed by atoms with Gasteiger partial charge in [0.25, 0.3) is 0 Å². The van der Waals surface area contributed by atoms with Gasteiger partial charge in [0.05, 0.1) is 20.3 Å². The van der Waals surface area contributed by atoms with E-state index in [1.165, 1.54) is 11.3 Å². The smallest absolute Gasteiger partial charge is 0.166 e. The van der Waals surface area contributed by atoms with Gasteiger partial charge in [-0.2, -0.15) is 5.10 Å².